The zero-order valence-electron chi connectivity index (χ0n) is 9.95. The summed E-state index contributed by atoms with van der Waals surface area (Å²) in [7, 11) is 0. The molecule has 2 N–H and O–H groups in total. The number of aromatic carboxylic acids is 1. The van der Waals surface area contributed by atoms with Crippen molar-refractivity contribution in [2.45, 2.75) is 6.92 Å². The second kappa shape index (κ2) is 5.36. The van der Waals surface area contributed by atoms with E-state index in [9.17, 15) is 9.18 Å². The highest BCUT2D eigenvalue weighted by Crippen LogP contribution is 2.27. The van der Waals surface area contributed by atoms with E-state index in [0.29, 0.717) is 5.69 Å². The summed E-state index contributed by atoms with van der Waals surface area (Å²) < 4.78 is 14.6. The maximum atomic E-state index is 13.9. The number of aromatic nitrogens is 1. The van der Waals surface area contributed by atoms with E-state index in [-0.39, 0.29) is 5.82 Å². The fourth-order valence-electron chi connectivity index (χ4n) is 1.55. The number of rotatable bonds is 3. The number of aryl methyl sites for hydroxylation is 1. The van der Waals surface area contributed by atoms with Crippen molar-refractivity contribution in [3.63, 3.8) is 0 Å². The maximum Gasteiger partial charge on any atom is 0.338 e. The molecule has 0 saturated heterocycles. The van der Waals surface area contributed by atoms with E-state index in [4.69, 9.17) is 5.11 Å². The number of anilines is 2. The number of benzene rings is 1. The van der Waals surface area contributed by atoms with Crippen LogP contribution in [0.15, 0.2) is 34.9 Å². The normalized spacial score (nSPS) is 10.3. The molecule has 0 radical (unpaired) electrons. The zero-order valence-corrected chi connectivity index (χ0v) is 11.5. The number of carbonyl (C=O) groups is 1. The summed E-state index contributed by atoms with van der Waals surface area (Å²) in [5.74, 6) is -2.34. The molecular formula is C13H10BrFN2O2. The largest absolute Gasteiger partial charge is 0.478 e. The Balaban J connectivity index is 2.38. The Bertz CT molecular complexity index is 647. The van der Waals surface area contributed by atoms with Gasteiger partial charge < -0.3 is 10.4 Å². The van der Waals surface area contributed by atoms with Gasteiger partial charge in [-0.2, -0.15) is 0 Å². The topological polar surface area (TPSA) is 62.2 Å². The molecule has 0 atom stereocenters. The predicted molar refractivity (Wildman–Crippen MR) is 73.3 cm³/mol. The van der Waals surface area contributed by atoms with Crippen molar-refractivity contribution in [3.8, 4) is 0 Å². The molecule has 2 aromatic rings. The predicted octanol–water partition coefficient (Wildman–Crippen LogP) is 3.73. The zero-order chi connectivity index (χ0) is 14.0. The Morgan fingerprint density at radius 2 is 2.16 bits per heavy atom. The first kappa shape index (κ1) is 13.5. The second-order valence-corrected chi connectivity index (χ2v) is 4.79. The highest BCUT2D eigenvalue weighted by molar-refractivity contribution is 9.10. The van der Waals surface area contributed by atoms with Crippen molar-refractivity contribution in [1.29, 1.82) is 0 Å². The van der Waals surface area contributed by atoms with Crippen LogP contribution in [0.5, 0.6) is 0 Å². The molecule has 19 heavy (non-hydrogen) atoms. The molecule has 0 aliphatic heterocycles. The molecule has 0 aliphatic carbocycles. The van der Waals surface area contributed by atoms with Gasteiger partial charge in [0.05, 0.1) is 5.69 Å². The molecule has 0 fully saturated rings. The first-order chi connectivity index (χ1) is 8.99. The third-order valence-electron chi connectivity index (χ3n) is 2.50. The van der Waals surface area contributed by atoms with Crippen LogP contribution in [-0.2, 0) is 0 Å². The molecule has 1 aromatic carbocycles. The molecule has 2 rings (SSSR count). The van der Waals surface area contributed by atoms with Crippen molar-refractivity contribution in [2.75, 3.05) is 5.32 Å². The first-order valence-electron chi connectivity index (χ1n) is 5.40. The van der Waals surface area contributed by atoms with Crippen LogP contribution < -0.4 is 5.32 Å². The van der Waals surface area contributed by atoms with Gasteiger partial charge in [-0.25, -0.2) is 14.2 Å². The van der Waals surface area contributed by atoms with Crippen molar-refractivity contribution >= 4 is 33.4 Å². The fourth-order valence-corrected chi connectivity index (χ4v) is 2.14. The molecule has 0 unspecified atom stereocenters. The maximum absolute atomic E-state index is 13.9. The quantitative estimate of drug-likeness (QED) is 0.902. The Kier molecular flexibility index (Phi) is 3.80. The van der Waals surface area contributed by atoms with E-state index < -0.39 is 17.3 Å². The molecule has 98 valence electrons. The number of carboxylic acid groups (broad SMARTS) is 1. The number of carboxylic acids is 1. The Morgan fingerprint density at radius 3 is 2.79 bits per heavy atom. The van der Waals surface area contributed by atoms with Gasteiger partial charge in [0.15, 0.2) is 11.6 Å². The van der Waals surface area contributed by atoms with Gasteiger partial charge in [-0.3, -0.25) is 0 Å². The lowest BCUT2D eigenvalue weighted by molar-refractivity contribution is 0.0692. The summed E-state index contributed by atoms with van der Waals surface area (Å²) in [5.41, 5.74) is 1.24. The molecule has 0 amide bonds. The molecule has 0 bridgehead atoms. The lowest BCUT2D eigenvalue weighted by Crippen LogP contribution is -2.05. The smallest absolute Gasteiger partial charge is 0.338 e. The molecule has 1 aromatic heterocycles. The summed E-state index contributed by atoms with van der Waals surface area (Å²) in [6.45, 7) is 1.93. The molecule has 0 spiro atoms. The van der Waals surface area contributed by atoms with Crippen molar-refractivity contribution in [2.24, 2.45) is 0 Å². The standard InChI is InChI=1S/C13H10BrFN2O2/c1-7-2-3-10(9(14)6-7)17-12-11(15)8(13(18)19)4-5-16-12/h2-6H,1H3,(H,16,17)(H,18,19). The van der Waals surface area contributed by atoms with E-state index in [1.807, 2.05) is 19.1 Å². The number of hydrogen-bond donors (Lipinski definition) is 2. The van der Waals surface area contributed by atoms with Gasteiger partial charge in [-0.05, 0) is 46.6 Å². The van der Waals surface area contributed by atoms with Crippen LogP contribution in [0.3, 0.4) is 0 Å². The van der Waals surface area contributed by atoms with Gasteiger partial charge in [0, 0.05) is 10.7 Å². The molecule has 0 saturated carbocycles. The van der Waals surface area contributed by atoms with Gasteiger partial charge in [0.25, 0.3) is 0 Å². The van der Waals surface area contributed by atoms with E-state index in [2.05, 4.69) is 26.2 Å². The third-order valence-corrected chi connectivity index (χ3v) is 3.15. The highest BCUT2D eigenvalue weighted by Gasteiger charge is 2.15. The van der Waals surface area contributed by atoms with Crippen LogP contribution in [0, 0.1) is 12.7 Å². The number of halogens is 2. The lowest BCUT2D eigenvalue weighted by Gasteiger charge is -2.10. The van der Waals surface area contributed by atoms with Gasteiger partial charge in [-0.15, -0.1) is 0 Å². The van der Waals surface area contributed by atoms with Crippen molar-refractivity contribution in [3.05, 3.63) is 51.9 Å². The first-order valence-corrected chi connectivity index (χ1v) is 6.19. The van der Waals surface area contributed by atoms with Crippen molar-refractivity contribution < 1.29 is 14.3 Å². The number of nitrogens with one attached hydrogen (secondary N) is 1. The fraction of sp³-hybridized carbons (Fsp3) is 0.0769. The van der Waals surface area contributed by atoms with E-state index in [1.165, 1.54) is 6.20 Å². The summed E-state index contributed by atoms with van der Waals surface area (Å²) in [5, 5.41) is 11.6. The highest BCUT2D eigenvalue weighted by atomic mass is 79.9. The van der Waals surface area contributed by atoms with Crippen LogP contribution in [0.1, 0.15) is 15.9 Å². The van der Waals surface area contributed by atoms with Gasteiger partial charge in [0.1, 0.15) is 5.56 Å². The minimum Gasteiger partial charge on any atom is -0.478 e. The molecule has 1 heterocycles. The van der Waals surface area contributed by atoms with Gasteiger partial charge >= 0.3 is 5.97 Å². The lowest BCUT2D eigenvalue weighted by atomic mass is 10.2. The summed E-state index contributed by atoms with van der Waals surface area (Å²) in [6.07, 6.45) is 1.25. The summed E-state index contributed by atoms with van der Waals surface area (Å²) in [4.78, 5) is 14.6. The monoisotopic (exact) mass is 324 g/mol. The Labute approximate surface area is 117 Å². The van der Waals surface area contributed by atoms with Crippen LogP contribution in [0.2, 0.25) is 0 Å². The van der Waals surface area contributed by atoms with Crippen LogP contribution in [-0.4, -0.2) is 16.1 Å². The average molecular weight is 325 g/mol. The van der Waals surface area contributed by atoms with Crippen LogP contribution in [0.25, 0.3) is 0 Å². The molecular weight excluding hydrogens is 315 g/mol. The van der Waals surface area contributed by atoms with Crippen LogP contribution >= 0.6 is 15.9 Å². The summed E-state index contributed by atoms with van der Waals surface area (Å²) in [6, 6.07) is 6.59. The third kappa shape index (κ3) is 2.90. The van der Waals surface area contributed by atoms with Crippen molar-refractivity contribution in [1.82, 2.24) is 4.98 Å². The number of hydrogen-bond acceptors (Lipinski definition) is 3. The summed E-state index contributed by atoms with van der Waals surface area (Å²) >= 11 is 3.35. The Morgan fingerprint density at radius 1 is 1.42 bits per heavy atom. The Hall–Kier alpha value is -1.95. The second-order valence-electron chi connectivity index (χ2n) is 3.93. The molecule has 4 nitrogen and oxygen atoms in total. The SMILES string of the molecule is Cc1ccc(Nc2nccc(C(=O)O)c2F)c(Br)c1. The molecule has 0 aliphatic rings. The minimum atomic E-state index is -1.33. The minimum absolute atomic E-state index is 0.121. The van der Waals surface area contributed by atoms with E-state index in [0.717, 1.165) is 16.1 Å². The number of nitrogens with zero attached hydrogens (tertiary/aromatic N) is 1. The molecule has 6 heteroatoms. The van der Waals surface area contributed by atoms with Gasteiger partial charge in [0.2, 0.25) is 0 Å². The van der Waals surface area contributed by atoms with E-state index >= 15 is 0 Å². The average Bonchev–Trinajstić information content (AvgIpc) is 2.34. The number of pyridine rings is 1. The van der Waals surface area contributed by atoms with Gasteiger partial charge in [-0.1, -0.05) is 6.07 Å². The van der Waals surface area contributed by atoms with Crippen LogP contribution in [0.4, 0.5) is 15.9 Å². The van der Waals surface area contributed by atoms with E-state index in [1.54, 1.807) is 6.07 Å².